The molecule has 0 spiro atoms. The second-order valence-corrected chi connectivity index (χ2v) is 9.90. The summed E-state index contributed by atoms with van der Waals surface area (Å²) in [5.41, 5.74) is 4.86. The van der Waals surface area contributed by atoms with Crippen molar-refractivity contribution in [1.82, 2.24) is 0 Å². The summed E-state index contributed by atoms with van der Waals surface area (Å²) >= 11 is 3.03. The molecule has 0 atom stereocenters. The van der Waals surface area contributed by atoms with Gasteiger partial charge in [-0.25, -0.2) is 4.99 Å². The third-order valence-electron chi connectivity index (χ3n) is 5.61. The zero-order valence-electron chi connectivity index (χ0n) is 18.8. The summed E-state index contributed by atoms with van der Waals surface area (Å²) in [5, 5.41) is 1.56. The number of amidine groups is 1. The van der Waals surface area contributed by atoms with Crippen LogP contribution in [0.5, 0.6) is 5.75 Å². The van der Waals surface area contributed by atoms with Gasteiger partial charge < -0.3 is 9.64 Å². The summed E-state index contributed by atoms with van der Waals surface area (Å²) in [5.74, 6) is 0.730. The van der Waals surface area contributed by atoms with E-state index in [1.807, 2.05) is 87.6 Å². The van der Waals surface area contributed by atoms with Crippen LogP contribution in [0, 0.1) is 13.8 Å². The Hall–Kier alpha value is -3.16. The third-order valence-corrected chi connectivity index (χ3v) is 8.00. The van der Waals surface area contributed by atoms with Crippen LogP contribution in [0.25, 0.3) is 0 Å². The van der Waals surface area contributed by atoms with E-state index in [2.05, 4.69) is 4.90 Å². The van der Waals surface area contributed by atoms with Crippen molar-refractivity contribution in [3.63, 3.8) is 0 Å². The number of benzene rings is 3. The molecular weight excluding hydrogens is 450 g/mol. The molecular formula is C26H23N3O2S2. The van der Waals surface area contributed by atoms with Crippen LogP contribution in [0.2, 0.25) is 0 Å². The predicted molar refractivity (Wildman–Crippen MR) is 139 cm³/mol. The number of anilines is 2. The van der Waals surface area contributed by atoms with E-state index in [9.17, 15) is 4.79 Å². The van der Waals surface area contributed by atoms with Crippen LogP contribution in [0.3, 0.4) is 0 Å². The Morgan fingerprint density at radius 3 is 2.52 bits per heavy atom. The third kappa shape index (κ3) is 3.92. The number of hydrogen-bond acceptors (Lipinski definition) is 6. The normalized spacial score (nSPS) is 18.9. The number of aryl methyl sites for hydroxylation is 2. The summed E-state index contributed by atoms with van der Waals surface area (Å²) in [6.45, 7) is 4.06. The highest BCUT2D eigenvalue weighted by Gasteiger charge is 2.40. The summed E-state index contributed by atoms with van der Waals surface area (Å²) in [4.78, 5) is 24.3. The zero-order valence-corrected chi connectivity index (χ0v) is 20.5. The first-order chi connectivity index (χ1) is 16.0. The Morgan fingerprint density at radius 2 is 1.76 bits per heavy atom. The van der Waals surface area contributed by atoms with E-state index in [1.165, 1.54) is 11.8 Å². The molecule has 0 N–H and O–H groups in total. The first kappa shape index (κ1) is 21.7. The number of para-hydroxylation sites is 1. The van der Waals surface area contributed by atoms with Gasteiger partial charge >= 0.3 is 0 Å². The van der Waals surface area contributed by atoms with Gasteiger partial charge in [0.2, 0.25) is 0 Å². The lowest BCUT2D eigenvalue weighted by atomic mass is 10.2. The number of carbonyl (C=O) groups is 1. The Bertz CT molecular complexity index is 1330. The lowest BCUT2D eigenvalue weighted by molar-refractivity contribution is -0.113. The van der Waals surface area contributed by atoms with Crippen molar-refractivity contribution in [3.05, 3.63) is 87.8 Å². The molecule has 2 aliphatic rings. The molecule has 0 bridgehead atoms. The Labute approximate surface area is 202 Å². The second-order valence-electron chi connectivity index (χ2n) is 7.89. The van der Waals surface area contributed by atoms with Crippen molar-refractivity contribution < 1.29 is 9.53 Å². The molecule has 0 aliphatic carbocycles. The van der Waals surface area contributed by atoms with Gasteiger partial charge in [0, 0.05) is 18.0 Å². The number of fused-ring (bicyclic) bond motifs is 1. The highest BCUT2D eigenvalue weighted by atomic mass is 32.2. The van der Waals surface area contributed by atoms with Crippen LogP contribution < -0.4 is 14.5 Å². The second kappa shape index (κ2) is 8.65. The number of thioether (sulfide) groups is 2. The van der Waals surface area contributed by atoms with E-state index in [-0.39, 0.29) is 5.91 Å². The Morgan fingerprint density at radius 1 is 0.939 bits per heavy atom. The maximum Gasteiger partial charge on any atom is 0.274 e. The van der Waals surface area contributed by atoms with Gasteiger partial charge in [-0.3, -0.25) is 9.69 Å². The molecule has 1 fully saturated rings. The summed E-state index contributed by atoms with van der Waals surface area (Å²) < 4.78 is 5.40. The topological polar surface area (TPSA) is 45.1 Å². The van der Waals surface area contributed by atoms with Crippen LogP contribution >= 0.6 is 23.5 Å². The smallest absolute Gasteiger partial charge is 0.274 e. The molecule has 0 saturated carbocycles. The maximum absolute atomic E-state index is 13.8. The van der Waals surface area contributed by atoms with E-state index in [0.717, 1.165) is 43.9 Å². The minimum atomic E-state index is -0.0629. The zero-order chi connectivity index (χ0) is 23.1. The Balaban J connectivity index is 1.62. The van der Waals surface area contributed by atoms with Crippen molar-refractivity contribution >= 4 is 51.7 Å². The molecule has 3 aromatic carbocycles. The summed E-state index contributed by atoms with van der Waals surface area (Å²) in [6, 6.07) is 21.9. The number of carbonyl (C=O) groups excluding carboxylic acids is 1. The van der Waals surface area contributed by atoms with E-state index in [4.69, 9.17) is 9.73 Å². The van der Waals surface area contributed by atoms with Gasteiger partial charge in [0.25, 0.3) is 5.91 Å². The van der Waals surface area contributed by atoms with Crippen LogP contribution in [-0.4, -0.2) is 25.2 Å². The summed E-state index contributed by atoms with van der Waals surface area (Å²) in [7, 11) is 3.65. The van der Waals surface area contributed by atoms with Gasteiger partial charge in [0.1, 0.15) is 10.7 Å². The molecule has 5 nitrogen and oxygen atoms in total. The summed E-state index contributed by atoms with van der Waals surface area (Å²) in [6.07, 6.45) is 0. The average Bonchev–Trinajstić information content (AvgIpc) is 3.31. The molecule has 3 aromatic rings. The molecule has 1 saturated heterocycles. The minimum absolute atomic E-state index is 0.0629. The quantitative estimate of drug-likeness (QED) is 0.407. The van der Waals surface area contributed by atoms with Crippen LogP contribution in [0.15, 0.2) is 86.6 Å². The molecule has 7 heteroatoms. The minimum Gasteiger partial charge on any atom is -0.497 e. The number of nitrogens with zero attached hydrogens (tertiary/aromatic N) is 3. The highest BCUT2D eigenvalue weighted by molar-refractivity contribution is 8.20. The number of aliphatic imine (C=N–C) groups is 1. The number of ether oxygens (including phenoxy) is 1. The largest absolute Gasteiger partial charge is 0.497 e. The molecule has 2 heterocycles. The molecule has 33 heavy (non-hydrogen) atoms. The van der Waals surface area contributed by atoms with Crippen molar-refractivity contribution in [2.75, 3.05) is 24.0 Å². The van der Waals surface area contributed by atoms with Crippen molar-refractivity contribution in [3.8, 4) is 5.75 Å². The van der Waals surface area contributed by atoms with Gasteiger partial charge in [-0.15, -0.1) is 0 Å². The number of hydrogen-bond donors (Lipinski definition) is 0. The number of amides is 1. The standard InChI is InChI=1S/C26H23N3O2S2/c1-16-8-7-10-18(14-16)29-24(30)23(33-26(29)27-20-11-6-5-9-17(20)2)25-28(3)21-15-19(31-4)12-13-22(21)32-25/h5-15H,1-4H3. The maximum atomic E-state index is 13.8. The first-order valence-corrected chi connectivity index (χ1v) is 12.2. The van der Waals surface area contributed by atoms with E-state index in [1.54, 1.807) is 23.8 Å². The van der Waals surface area contributed by atoms with E-state index >= 15 is 0 Å². The van der Waals surface area contributed by atoms with E-state index < -0.39 is 0 Å². The average molecular weight is 474 g/mol. The van der Waals surface area contributed by atoms with Gasteiger partial charge in [-0.1, -0.05) is 42.1 Å². The number of rotatable bonds is 3. The van der Waals surface area contributed by atoms with Gasteiger partial charge in [-0.2, -0.15) is 0 Å². The van der Waals surface area contributed by atoms with Gasteiger partial charge in [-0.05, 0) is 67.1 Å². The molecule has 2 aliphatic heterocycles. The fourth-order valence-electron chi connectivity index (χ4n) is 3.82. The fourth-order valence-corrected chi connectivity index (χ4v) is 6.14. The van der Waals surface area contributed by atoms with Crippen molar-refractivity contribution in [2.45, 2.75) is 18.7 Å². The number of methoxy groups -OCH3 is 1. The molecule has 0 aromatic heterocycles. The SMILES string of the molecule is COc1ccc2c(c1)N(C)C(=C1SC(=Nc3ccccc3C)N(c3cccc(C)c3)C1=O)S2. The van der Waals surface area contributed by atoms with Gasteiger partial charge in [0.05, 0.1) is 29.2 Å². The monoisotopic (exact) mass is 473 g/mol. The molecule has 0 unspecified atom stereocenters. The fraction of sp³-hybridized carbons (Fsp3) is 0.154. The van der Waals surface area contributed by atoms with Crippen LogP contribution in [0.1, 0.15) is 11.1 Å². The molecule has 1 amide bonds. The predicted octanol–water partition coefficient (Wildman–Crippen LogP) is 6.49. The molecule has 0 radical (unpaired) electrons. The lowest BCUT2D eigenvalue weighted by Gasteiger charge is -2.17. The van der Waals surface area contributed by atoms with Gasteiger partial charge in [0.15, 0.2) is 5.17 Å². The first-order valence-electron chi connectivity index (χ1n) is 10.5. The van der Waals surface area contributed by atoms with E-state index in [0.29, 0.717) is 10.1 Å². The molecule has 166 valence electrons. The Kier molecular flexibility index (Phi) is 5.68. The molecule has 5 rings (SSSR count). The lowest BCUT2D eigenvalue weighted by Crippen LogP contribution is -2.29. The van der Waals surface area contributed by atoms with Crippen LogP contribution in [-0.2, 0) is 4.79 Å². The van der Waals surface area contributed by atoms with Crippen LogP contribution in [0.4, 0.5) is 17.1 Å². The van der Waals surface area contributed by atoms with Crippen molar-refractivity contribution in [2.24, 2.45) is 4.99 Å². The highest BCUT2D eigenvalue weighted by Crippen LogP contribution is 2.51. The van der Waals surface area contributed by atoms with Crippen molar-refractivity contribution in [1.29, 1.82) is 0 Å².